The van der Waals surface area contributed by atoms with Crippen molar-refractivity contribution in [1.82, 2.24) is 4.98 Å². The molecule has 1 heterocycles. The summed E-state index contributed by atoms with van der Waals surface area (Å²) in [5.74, 6) is -0.125. The van der Waals surface area contributed by atoms with Crippen molar-refractivity contribution in [2.24, 2.45) is 0 Å². The first-order chi connectivity index (χ1) is 8.65. The minimum absolute atomic E-state index is 0.293. The molecule has 18 heavy (non-hydrogen) atoms. The van der Waals surface area contributed by atoms with E-state index in [-0.39, 0.29) is 0 Å². The highest BCUT2D eigenvalue weighted by atomic mass is 35.5. The smallest absolute Gasteiger partial charge is 0.221 e. The molecule has 1 aromatic heterocycles. The van der Waals surface area contributed by atoms with Gasteiger partial charge in [0.05, 0.1) is 12.7 Å². The molecule has 0 amide bonds. The molecule has 5 heteroatoms. The fourth-order valence-corrected chi connectivity index (χ4v) is 1.79. The van der Waals surface area contributed by atoms with Gasteiger partial charge in [-0.3, -0.25) is 0 Å². The zero-order chi connectivity index (χ0) is 13.1. The van der Waals surface area contributed by atoms with Gasteiger partial charge in [0, 0.05) is 22.3 Å². The molecule has 0 atom stereocenters. The fraction of sp³-hybridized carbons (Fsp3) is 0.0769. The predicted octanol–water partition coefficient (Wildman–Crippen LogP) is 3.42. The highest BCUT2D eigenvalue weighted by Gasteiger charge is 2.12. The third kappa shape index (κ3) is 2.27. The minimum Gasteiger partial charge on any atom is -0.481 e. The van der Waals surface area contributed by atoms with E-state index in [1.807, 2.05) is 6.07 Å². The summed E-state index contributed by atoms with van der Waals surface area (Å²) in [6.07, 6.45) is 1.38. The Morgan fingerprint density at radius 1 is 1.33 bits per heavy atom. The van der Waals surface area contributed by atoms with Crippen LogP contribution in [0.1, 0.15) is 5.56 Å². The maximum atomic E-state index is 13.3. The van der Waals surface area contributed by atoms with Gasteiger partial charge in [0.2, 0.25) is 5.88 Å². The van der Waals surface area contributed by atoms with E-state index < -0.39 is 5.82 Å². The van der Waals surface area contributed by atoms with Crippen molar-refractivity contribution in [2.45, 2.75) is 0 Å². The molecule has 0 aliphatic heterocycles. The summed E-state index contributed by atoms with van der Waals surface area (Å²) in [6.45, 7) is 0. The molecule has 3 nitrogen and oxygen atoms in total. The van der Waals surface area contributed by atoms with Crippen molar-refractivity contribution in [3.63, 3.8) is 0 Å². The largest absolute Gasteiger partial charge is 0.481 e. The molecule has 0 saturated heterocycles. The number of nitrogens with zero attached hydrogens (tertiary/aromatic N) is 2. The third-order valence-corrected chi connectivity index (χ3v) is 2.72. The van der Waals surface area contributed by atoms with Crippen LogP contribution in [0.5, 0.6) is 5.88 Å². The molecule has 2 rings (SSSR count). The van der Waals surface area contributed by atoms with Crippen LogP contribution in [0, 0.1) is 17.1 Å². The van der Waals surface area contributed by atoms with Gasteiger partial charge in [0.15, 0.2) is 0 Å². The quantitative estimate of drug-likeness (QED) is 0.833. The molecule has 0 fully saturated rings. The van der Waals surface area contributed by atoms with Crippen LogP contribution >= 0.6 is 11.6 Å². The molecular weight excluding hydrogens is 255 g/mol. The molecule has 0 aliphatic rings. The average Bonchev–Trinajstić information content (AvgIpc) is 2.40. The first kappa shape index (κ1) is 12.3. The molecule has 0 spiro atoms. The van der Waals surface area contributed by atoms with Crippen molar-refractivity contribution < 1.29 is 9.13 Å². The molecule has 2 aromatic rings. The van der Waals surface area contributed by atoms with Gasteiger partial charge in [-0.2, -0.15) is 5.26 Å². The summed E-state index contributed by atoms with van der Waals surface area (Å²) in [5.41, 5.74) is 1.28. The Balaban J connectivity index is 2.69. The van der Waals surface area contributed by atoms with Gasteiger partial charge in [-0.15, -0.1) is 0 Å². The van der Waals surface area contributed by atoms with Crippen molar-refractivity contribution in [1.29, 1.82) is 5.26 Å². The zero-order valence-corrected chi connectivity index (χ0v) is 10.2. The maximum absolute atomic E-state index is 13.3. The lowest BCUT2D eigenvalue weighted by Crippen LogP contribution is -1.94. The molecular formula is C13H8ClFN2O. The number of methoxy groups -OCH3 is 1. The summed E-state index contributed by atoms with van der Waals surface area (Å²) >= 11 is 6.02. The number of hydrogen-bond acceptors (Lipinski definition) is 3. The van der Waals surface area contributed by atoms with Gasteiger partial charge in [-0.05, 0) is 24.3 Å². The number of hydrogen-bond donors (Lipinski definition) is 0. The standard InChI is InChI=1S/C13H8ClFN2O/c1-18-13-11(4-8(6-16)7-17-13)10-5-9(15)2-3-12(10)14/h2-5,7H,1H3. The zero-order valence-electron chi connectivity index (χ0n) is 9.45. The van der Waals surface area contributed by atoms with Crippen LogP contribution in [0.25, 0.3) is 11.1 Å². The van der Waals surface area contributed by atoms with Crippen molar-refractivity contribution in [2.75, 3.05) is 7.11 Å². The SMILES string of the molecule is COc1ncc(C#N)cc1-c1cc(F)ccc1Cl. The average molecular weight is 263 g/mol. The van der Waals surface area contributed by atoms with Crippen LogP contribution < -0.4 is 4.74 Å². The summed E-state index contributed by atoms with van der Waals surface area (Å²) in [6, 6.07) is 7.52. The Morgan fingerprint density at radius 3 is 2.78 bits per heavy atom. The van der Waals surface area contributed by atoms with E-state index in [2.05, 4.69) is 4.98 Å². The lowest BCUT2D eigenvalue weighted by Gasteiger charge is -2.09. The van der Waals surface area contributed by atoms with Gasteiger partial charge in [-0.25, -0.2) is 9.37 Å². The molecule has 0 saturated carbocycles. The predicted molar refractivity (Wildman–Crippen MR) is 65.9 cm³/mol. The number of ether oxygens (including phenoxy) is 1. The second-order valence-corrected chi connectivity index (χ2v) is 3.92. The van der Waals surface area contributed by atoms with Crippen LogP contribution in [-0.4, -0.2) is 12.1 Å². The number of benzene rings is 1. The molecule has 0 aliphatic carbocycles. The van der Waals surface area contributed by atoms with Crippen LogP contribution in [0.3, 0.4) is 0 Å². The van der Waals surface area contributed by atoms with Crippen molar-refractivity contribution in [3.05, 3.63) is 46.9 Å². The van der Waals surface area contributed by atoms with Crippen molar-refractivity contribution in [3.8, 4) is 23.1 Å². The van der Waals surface area contributed by atoms with E-state index in [4.69, 9.17) is 21.6 Å². The molecule has 90 valence electrons. The normalized spacial score (nSPS) is 9.89. The third-order valence-electron chi connectivity index (χ3n) is 2.39. The summed E-state index contributed by atoms with van der Waals surface area (Å²) < 4.78 is 18.4. The number of halogens is 2. The number of pyridine rings is 1. The van der Waals surface area contributed by atoms with Crippen molar-refractivity contribution >= 4 is 11.6 Å². The monoisotopic (exact) mass is 262 g/mol. The van der Waals surface area contributed by atoms with Crippen LogP contribution in [0.4, 0.5) is 4.39 Å². The summed E-state index contributed by atoms with van der Waals surface area (Å²) in [4.78, 5) is 3.99. The summed E-state index contributed by atoms with van der Waals surface area (Å²) in [5, 5.41) is 9.23. The fourth-order valence-electron chi connectivity index (χ4n) is 1.57. The van der Waals surface area contributed by atoms with E-state index >= 15 is 0 Å². The van der Waals surface area contributed by atoms with E-state index in [0.29, 0.717) is 27.6 Å². The highest BCUT2D eigenvalue weighted by molar-refractivity contribution is 6.33. The lowest BCUT2D eigenvalue weighted by atomic mass is 10.1. The van der Waals surface area contributed by atoms with Crippen LogP contribution in [-0.2, 0) is 0 Å². The molecule has 1 aromatic carbocycles. The topological polar surface area (TPSA) is 45.9 Å². The molecule has 0 unspecified atom stereocenters. The first-order valence-corrected chi connectivity index (χ1v) is 5.43. The van der Waals surface area contributed by atoms with E-state index in [0.717, 1.165) is 0 Å². The Morgan fingerprint density at radius 2 is 2.11 bits per heavy atom. The van der Waals surface area contributed by atoms with Gasteiger partial charge in [-0.1, -0.05) is 11.6 Å². The highest BCUT2D eigenvalue weighted by Crippen LogP contribution is 2.34. The van der Waals surface area contributed by atoms with Gasteiger partial charge in [0.25, 0.3) is 0 Å². The van der Waals surface area contributed by atoms with E-state index in [1.54, 1.807) is 6.07 Å². The Kier molecular flexibility index (Phi) is 3.45. The lowest BCUT2D eigenvalue weighted by molar-refractivity contribution is 0.399. The Labute approximate surface area is 108 Å². The number of rotatable bonds is 2. The van der Waals surface area contributed by atoms with E-state index in [1.165, 1.54) is 31.5 Å². The van der Waals surface area contributed by atoms with Gasteiger partial charge < -0.3 is 4.74 Å². The van der Waals surface area contributed by atoms with Crippen LogP contribution in [0.2, 0.25) is 5.02 Å². The Hall–Kier alpha value is -2.12. The van der Waals surface area contributed by atoms with E-state index in [9.17, 15) is 4.39 Å². The first-order valence-electron chi connectivity index (χ1n) is 5.05. The number of nitriles is 1. The minimum atomic E-state index is -0.418. The Bertz CT molecular complexity index is 637. The van der Waals surface area contributed by atoms with Gasteiger partial charge in [0.1, 0.15) is 11.9 Å². The maximum Gasteiger partial charge on any atom is 0.221 e. The summed E-state index contributed by atoms with van der Waals surface area (Å²) in [7, 11) is 1.45. The van der Waals surface area contributed by atoms with Gasteiger partial charge >= 0.3 is 0 Å². The van der Waals surface area contributed by atoms with Crippen LogP contribution in [0.15, 0.2) is 30.5 Å². The second-order valence-electron chi connectivity index (χ2n) is 3.52. The molecule has 0 radical (unpaired) electrons. The molecule has 0 N–H and O–H groups in total. The second kappa shape index (κ2) is 5.03. The molecule has 0 bridgehead atoms. The number of aromatic nitrogens is 1.